The number of hydrogen-bond acceptors (Lipinski definition) is 3. The third kappa shape index (κ3) is 3.15. The van der Waals surface area contributed by atoms with Gasteiger partial charge in [-0.3, -0.25) is 0 Å². The molecule has 0 N–H and O–H groups in total. The summed E-state index contributed by atoms with van der Waals surface area (Å²) in [6.07, 6.45) is -4.51. The van der Waals surface area contributed by atoms with Crippen molar-refractivity contribution < 1.29 is 26.7 Å². The lowest BCUT2D eigenvalue weighted by atomic mass is 10.0. The highest BCUT2D eigenvalue weighted by atomic mass is 19.4. The van der Waals surface area contributed by atoms with E-state index < -0.39 is 24.8 Å². The molecule has 0 aliphatic carbocycles. The molecule has 4 nitrogen and oxygen atoms in total. The van der Waals surface area contributed by atoms with Crippen molar-refractivity contribution in [3.8, 4) is 16.9 Å². The summed E-state index contributed by atoms with van der Waals surface area (Å²) in [5.41, 5.74) is -0.309. The first-order valence-corrected chi connectivity index (χ1v) is 6.77. The molecule has 2 heterocycles. The molecule has 0 unspecified atom stereocenters. The van der Waals surface area contributed by atoms with Crippen LogP contribution in [0.25, 0.3) is 16.8 Å². The van der Waals surface area contributed by atoms with E-state index in [1.807, 2.05) is 0 Å². The van der Waals surface area contributed by atoms with Crippen LogP contribution in [0.15, 0.2) is 42.9 Å². The fourth-order valence-corrected chi connectivity index (χ4v) is 2.25. The molecule has 3 aromatic rings. The Hall–Kier alpha value is -2.71. The first-order valence-electron chi connectivity index (χ1n) is 6.77. The van der Waals surface area contributed by atoms with Gasteiger partial charge in [0.1, 0.15) is 18.7 Å². The van der Waals surface area contributed by atoms with Crippen molar-refractivity contribution in [2.75, 3.05) is 6.61 Å². The van der Waals surface area contributed by atoms with Gasteiger partial charge in [0.15, 0.2) is 5.65 Å². The van der Waals surface area contributed by atoms with E-state index in [0.717, 1.165) is 18.2 Å². The maximum atomic E-state index is 13.0. The number of alkyl halides is 5. The molecule has 0 aliphatic heterocycles. The Bertz CT molecular complexity index is 860. The number of pyridine rings is 1. The third-order valence-electron chi connectivity index (χ3n) is 3.27. The average molecular weight is 343 g/mol. The molecule has 0 amide bonds. The van der Waals surface area contributed by atoms with Crippen molar-refractivity contribution in [1.29, 1.82) is 0 Å². The van der Waals surface area contributed by atoms with Gasteiger partial charge in [-0.15, -0.1) is 0 Å². The van der Waals surface area contributed by atoms with Gasteiger partial charge in [-0.05, 0) is 30.3 Å². The normalized spacial score (nSPS) is 12.1. The largest absolute Gasteiger partial charge is 0.487 e. The topological polar surface area (TPSA) is 39.4 Å². The minimum Gasteiger partial charge on any atom is -0.487 e. The van der Waals surface area contributed by atoms with Crippen molar-refractivity contribution in [3.05, 3.63) is 48.4 Å². The van der Waals surface area contributed by atoms with Crippen LogP contribution in [-0.4, -0.2) is 27.6 Å². The molecule has 0 spiro atoms. The molecule has 0 aliphatic rings. The van der Waals surface area contributed by atoms with E-state index in [1.54, 1.807) is 12.3 Å². The second kappa shape index (κ2) is 6.06. The monoisotopic (exact) mass is 343 g/mol. The van der Waals surface area contributed by atoms with E-state index >= 15 is 0 Å². The summed E-state index contributed by atoms with van der Waals surface area (Å²) < 4.78 is 70.1. The second-order valence-corrected chi connectivity index (χ2v) is 4.86. The third-order valence-corrected chi connectivity index (χ3v) is 3.27. The van der Waals surface area contributed by atoms with Gasteiger partial charge in [0.25, 0.3) is 6.43 Å². The zero-order valence-electron chi connectivity index (χ0n) is 12.0. The molecule has 0 saturated heterocycles. The number of aromatic nitrogens is 3. The highest BCUT2D eigenvalue weighted by Gasteiger charge is 2.31. The van der Waals surface area contributed by atoms with Crippen LogP contribution in [0.5, 0.6) is 5.75 Å². The Morgan fingerprint density at radius 3 is 2.62 bits per heavy atom. The maximum absolute atomic E-state index is 13.0. The molecule has 9 heteroatoms. The molecular formula is C15H10F5N3O. The predicted octanol–water partition coefficient (Wildman–Crippen LogP) is 4.06. The van der Waals surface area contributed by atoms with Gasteiger partial charge in [0, 0.05) is 17.3 Å². The van der Waals surface area contributed by atoms with Crippen molar-refractivity contribution in [2.24, 2.45) is 0 Å². The van der Waals surface area contributed by atoms with E-state index in [2.05, 4.69) is 10.1 Å². The number of benzene rings is 1. The average Bonchev–Trinajstić information content (AvgIpc) is 3.00. The minimum absolute atomic E-state index is 0.0177. The van der Waals surface area contributed by atoms with Gasteiger partial charge in [0.2, 0.25) is 0 Å². The first-order chi connectivity index (χ1) is 11.4. The second-order valence-electron chi connectivity index (χ2n) is 4.86. The number of nitrogens with zero attached hydrogens (tertiary/aromatic N) is 3. The minimum atomic E-state index is -4.57. The lowest BCUT2D eigenvalue weighted by Gasteiger charge is -2.15. The Balaban J connectivity index is 2.17. The molecule has 0 atom stereocenters. The predicted molar refractivity (Wildman–Crippen MR) is 74.9 cm³/mol. The summed E-state index contributed by atoms with van der Waals surface area (Å²) in [4.78, 5) is 3.99. The van der Waals surface area contributed by atoms with Crippen LogP contribution < -0.4 is 4.74 Å². The Labute approximate surface area is 132 Å². The Morgan fingerprint density at radius 2 is 1.92 bits per heavy atom. The number of halogens is 5. The van der Waals surface area contributed by atoms with Crippen LogP contribution in [-0.2, 0) is 6.18 Å². The Kier molecular flexibility index (Phi) is 4.08. The summed E-state index contributed by atoms with van der Waals surface area (Å²) in [6, 6.07) is 5.75. The highest BCUT2D eigenvalue weighted by molar-refractivity contribution is 5.81. The fourth-order valence-electron chi connectivity index (χ4n) is 2.25. The van der Waals surface area contributed by atoms with E-state index in [1.165, 1.54) is 16.9 Å². The smallest absolute Gasteiger partial charge is 0.416 e. The SMILES string of the molecule is FC(F)COc1ccc(C(F)(F)F)cc1-c1cccn2ncnc12. The van der Waals surface area contributed by atoms with E-state index in [9.17, 15) is 22.0 Å². The van der Waals surface area contributed by atoms with Crippen molar-refractivity contribution in [3.63, 3.8) is 0 Å². The zero-order chi connectivity index (χ0) is 17.3. The van der Waals surface area contributed by atoms with E-state index in [0.29, 0.717) is 11.2 Å². The molecule has 0 radical (unpaired) electrons. The summed E-state index contributed by atoms with van der Waals surface area (Å²) in [5, 5.41) is 3.90. The quantitative estimate of drug-likeness (QED) is 0.671. The van der Waals surface area contributed by atoms with Gasteiger partial charge in [0.05, 0.1) is 5.56 Å². The molecule has 0 saturated carbocycles. The summed E-state index contributed by atoms with van der Waals surface area (Å²) in [5.74, 6) is -0.0839. The first kappa shape index (κ1) is 16.2. The van der Waals surface area contributed by atoms with Gasteiger partial charge in [-0.2, -0.15) is 18.3 Å². The summed E-state index contributed by atoms with van der Waals surface area (Å²) >= 11 is 0. The highest BCUT2D eigenvalue weighted by Crippen LogP contribution is 2.38. The van der Waals surface area contributed by atoms with Crippen molar-refractivity contribution in [2.45, 2.75) is 12.6 Å². The Morgan fingerprint density at radius 1 is 1.12 bits per heavy atom. The maximum Gasteiger partial charge on any atom is 0.416 e. The number of hydrogen-bond donors (Lipinski definition) is 0. The van der Waals surface area contributed by atoms with Crippen LogP contribution in [0.1, 0.15) is 5.56 Å². The van der Waals surface area contributed by atoms with Crippen LogP contribution >= 0.6 is 0 Å². The molecule has 0 fully saturated rings. The number of ether oxygens (including phenoxy) is 1. The van der Waals surface area contributed by atoms with E-state index in [-0.39, 0.29) is 11.3 Å². The molecule has 1 aromatic carbocycles. The van der Waals surface area contributed by atoms with Crippen LogP contribution in [0.4, 0.5) is 22.0 Å². The summed E-state index contributed by atoms with van der Waals surface area (Å²) in [7, 11) is 0. The van der Waals surface area contributed by atoms with Crippen molar-refractivity contribution >= 4 is 5.65 Å². The van der Waals surface area contributed by atoms with Crippen LogP contribution in [0.2, 0.25) is 0 Å². The van der Waals surface area contributed by atoms with Crippen LogP contribution in [0.3, 0.4) is 0 Å². The molecule has 2 aromatic heterocycles. The zero-order valence-corrected chi connectivity index (χ0v) is 12.0. The molecule has 0 bridgehead atoms. The van der Waals surface area contributed by atoms with Gasteiger partial charge in [-0.25, -0.2) is 18.3 Å². The molecule has 126 valence electrons. The standard InChI is InChI=1S/C15H10F5N3O/c16-13(17)7-24-12-4-3-9(15(18,19)20)6-11(12)10-2-1-5-23-14(10)21-8-22-23/h1-6,8,13H,7H2. The van der Waals surface area contributed by atoms with Gasteiger partial charge < -0.3 is 4.74 Å². The lowest BCUT2D eigenvalue weighted by Crippen LogP contribution is -2.09. The van der Waals surface area contributed by atoms with Crippen LogP contribution in [0, 0.1) is 0 Å². The molecule has 3 rings (SSSR count). The molecule has 24 heavy (non-hydrogen) atoms. The lowest BCUT2D eigenvalue weighted by molar-refractivity contribution is -0.137. The van der Waals surface area contributed by atoms with Gasteiger partial charge in [-0.1, -0.05) is 0 Å². The number of rotatable bonds is 4. The van der Waals surface area contributed by atoms with Crippen molar-refractivity contribution in [1.82, 2.24) is 14.6 Å². The van der Waals surface area contributed by atoms with E-state index in [4.69, 9.17) is 4.74 Å². The number of fused-ring (bicyclic) bond motifs is 1. The van der Waals surface area contributed by atoms with Gasteiger partial charge >= 0.3 is 6.18 Å². The molecular weight excluding hydrogens is 333 g/mol. The summed E-state index contributed by atoms with van der Waals surface area (Å²) in [6.45, 7) is -0.922. The fraction of sp³-hybridized carbons (Fsp3) is 0.200.